The van der Waals surface area contributed by atoms with Gasteiger partial charge in [-0.15, -0.1) is 0 Å². The van der Waals surface area contributed by atoms with Crippen LogP contribution in [0.3, 0.4) is 0 Å². The van der Waals surface area contributed by atoms with Crippen molar-refractivity contribution in [1.82, 2.24) is 0 Å². The molecule has 1 aromatic rings. The largest absolute Gasteiger partial charge is 0.453 e. The molecule has 2 aliphatic rings. The number of isocyanates is 1. The number of carbonyl (C=O) groups is 1. The maximum absolute atomic E-state index is 11.1. The fourth-order valence-corrected chi connectivity index (χ4v) is 3.06. The van der Waals surface area contributed by atoms with Crippen molar-refractivity contribution in [2.45, 2.75) is 24.8 Å². The van der Waals surface area contributed by atoms with Gasteiger partial charge < -0.3 is 9.47 Å². The van der Waals surface area contributed by atoms with E-state index in [4.69, 9.17) is 9.47 Å². The first kappa shape index (κ1) is 12.4. The summed E-state index contributed by atoms with van der Waals surface area (Å²) in [4.78, 5) is 25.7. The summed E-state index contributed by atoms with van der Waals surface area (Å²) in [7, 11) is 0. The van der Waals surface area contributed by atoms with Crippen LogP contribution in [0.1, 0.15) is 35.2 Å². The molecular formula is C13H10BrNO4. The van der Waals surface area contributed by atoms with Crippen molar-refractivity contribution in [2.75, 3.05) is 6.79 Å². The molecular weight excluding hydrogens is 314 g/mol. The van der Waals surface area contributed by atoms with E-state index >= 15 is 0 Å². The summed E-state index contributed by atoms with van der Waals surface area (Å²) in [6, 6.07) is 1.79. The number of carbonyl (C=O) groups excluding carboxylic acids is 2. The number of hydrogen-bond donors (Lipinski definition) is 0. The third-order valence-electron chi connectivity index (χ3n) is 3.69. The second-order valence-electron chi connectivity index (χ2n) is 4.59. The fourth-order valence-electron chi connectivity index (χ4n) is 2.55. The van der Waals surface area contributed by atoms with Crippen LogP contribution < -0.4 is 9.47 Å². The van der Waals surface area contributed by atoms with Gasteiger partial charge in [0.2, 0.25) is 12.9 Å². The van der Waals surface area contributed by atoms with Crippen molar-refractivity contribution in [3.8, 4) is 11.5 Å². The minimum atomic E-state index is -0.580. The number of aliphatic imine (C=N–C) groups is 1. The average Bonchev–Trinajstić information content (AvgIpc) is 2.82. The van der Waals surface area contributed by atoms with E-state index in [1.54, 1.807) is 12.1 Å². The van der Waals surface area contributed by atoms with Gasteiger partial charge in [-0.05, 0) is 41.3 Å². The summed E-state index contributed by atoms with van der Waals surface area (Å²) in [6.45, 7) is 0.0700. The van der Waals surface area contributed by atoms with Gasteiger partial charge in [-0.25, -0.2) is 4.79 Å². The summed E-state index contributed by atoms with van der Waals surface area (Å²) >= 11 is 3.35. The molecule has 5 nitrogen and oxygen atoms in total. The summed E-state index contributed by atoms with van der Waals surface area (Å²) in [5.74, 6) is 0.941. The lowest BCUT2D eigenvalue weighted by atomic mass is 9.72. The molecule has 98 valence electrons. The Balaban J connectivity index is 2.23. The molecule has 0 N–H and O–H groups in total. The van der Waals surface area contributed by atoms with Crippen LogP contribution in [0.5, 0.6) is 11.5 Å². The zero-order valence-corrected chi connectivity index (χ0v) is 11.5. The molecule has 0 atom stereocenters. The molecule has 1 aliphatic heterocycles. The smallest absolute Gasteiger partial charge is 0.235 e. The van der Waals surface area contributed by atoms with E-state index in [-0.39, 0.29) is 6.79 Å². The topological polar surface area (TPSA) is 65.0 Å². The second-order valence-corrected chi connectivity index (χ2v) is 5.44. The Hall–Kier alpha value is -1.65. The number of benzene rings is 1. The molecule has 1 heterocycles. The first-order chi connectivity index (χ1) is 9.22. The summed E-state index contributed by atoms with van der Waals surface area (Å²) < 4.78 is 11.4. The maximum Gasteiger partial charge on any atom is 0.235 e. The number of hydrogen-bond acceptors (Lipinski definition) is 5. The van der Waals surface area contributed by atoms with E-state index in [9.17, 15) is 9.59 Å². The van der Waals surface area contributed by atoms with Gasteiger partial charge in [0.1, 0.15) is 5.54 Å². The van der Waals surface area contributed by atoms with E-state index in [0.717, 1.165) is 31.1 Å². The van der Waals surface area contributed by atoms with Crippen LogP contribution in [0.15, 0.2) is 15.5 Å². The molecule has 6 heteroatoms. The highest BCUT2D eigenvalue weighted by molar-refractivity contribution is 9.10. The van der Waals surface area contributed by atoms with Gasteiger partial charge in [-0.2, -0.15) is 4.99 Å². The second kappa shape index (κ2) is 4.47. The Kier molecular flexibility index (Phi) is 2.92. The third kappa shape index (κ3) is 1.71. The lowest BCUT2D eigenvalue weighted by Crippen LogP contribution is -2.32. The molecule has 0 radical (unpaired) electrons. The van der Waals surface area contributed by atoms with Gasteiger partial charge in [0, 0.05) is 10.0 Å². The first-order valence-corrected chi connectivity index (χ1v) is 6.68. The quantitative estimate of drug-likeness (QED) is 0.487. The number of fused-ring (bicyclic) bond motifs is 1. The molecule has 0 aromatic heterocycles. The van der Waals surface area contributed by atoms with E-state index in [1.165, 1.54) is 0 Å². The van der Waals surface area contributed by atoms with Gasteiger partial charge in [0.25, 0.3) is 0 Å². The van der Waals surface area contributed by atoms with Crippen LogP contribution in [0.2, 0.25) is 0 Å². The Morgan fingerprint density at radius 1 is 1.37 bits per heavy atom. The molecule has 3 rings (SSSR count). The first-order valence-electron chi connectivity index (χ1n) is 5.88. The van der Waals surface area contributed by atoms with Crippen molar-refractivity contribution in [1.29, 1.82) is 0 Å². The highest BCUT2D eigenvalue weighted by Crippen LogP contribution is 2.53. The molecule has 0 saturated heterocycles. The Labute approximate surface area is 117 Å². The minimum absolute atomic E-state index is 0.0700. The Bertz CT molecular complexity index is 603. The minimum Gasteiger partial charge on any atom is -0.453 e. The predicted octanol–water partition coefficient (Wildman–Crippen LogP) is 2.71. The normalized spacial score (nSPS) is 18.4. The fraction of sp³-hybridized carbons (Fsp3) is 0.385. The van der Waals surface area contributed by atoms with Crippen LogP contribution in [0.25, 0.3) is 0 Å². The summed E-state index contributed by atoms with van der Waals surface area (Å²) in [5, 5.41) is 0. The molecule has 1 saturated carbocycles. The molecule has 0 bridgehead atoms. The predicted molar refractivity (Wildman–Crippen MR) is 69.3 cm³/mol. The van der Waals surface area contributed by atoms with Crippen LogP contribution in [0.4, 0.5) is 0 Å². The highest BCUT2D eigenvalue weighted by atomic mass is 79.9. The molecule has 1 aromatic carbocycles. The molecule has 0 amide bonds. The maximum atomic E-state index is 11.1. The van der Waals surface area contributed by atoms with Crippen LogP contribution in [-0.4, -0.2) is 19.2 Å². The van der Waals surface area contributed by atoms with Gasteiger partial charge in [0.05, 0.1) is 5.56 Å². The Morgan fingerprint density at radius 2 is 2.11 bits per heavy atom. The number of nitrogens with zero attached hydrogens (tertiary/aromatic N) is 1. The summed E-state index contributed by atoms with van der Waals surface area (Å²) in [5.41, 5.74) is 0.622. The SMILES string of the molecule is O=C=NC1(c2cc(Br)c(C=O)c3c2OCO3)CCC1. The number of ether oxygens (including phenoxy) is 2. The number of rotatable bonds is 3. The average molecular weight is 324 g/mol. The van der Waals surface area contributed by atoms with Crippen LogP contribution >= 0.6 is 15.9 Å². The molecule has 0 spiro atoms. The van der Waals surface area contributed by atoms with Gasteiger partial charge in [-0.3, -0.25) is 4.79 Å². The van der Waals surface area contributed by atoms with Gasteiger partial charge in [0.15, 0.2) is 17.8 Å². The molecule has 1 aliphatic carbocycles. The van der Waals surface area contributed by atoms with Gasteiger partial charge in [-0.1, -0.05) is 0 Å². The molecule has 19 heavy (non-hydrogen) atoms. The monoisotopic (exact) mass is 323 g/mol. The van der Waals surface area contributed by atoms with E-state index in [2.05, 4.69) is 20.9 Å². The lowest BCUT2D eigenvalue weighted by molar-refractivity contribution is 0.111. The third-order valence-corrected chi connectivity index (χ3v) is 4.35. The van der Waals surface area contributed by atoms with Crippen molar-refractivity contribution in [2.24, 2.45) is 4.99 Å². The zero-order chi connectivity index (χ0) is 13.5. The standard InChI is InChI=1S/C13H10BrNO4/c14-10-4-9(13(15-6-17)2-1-3-13)12-11(8(10)5-16)18-7-19-12/h4-5H,1-3,7H2. The summed E-state index contributed by atoms with van der Waals surface area (Å²) in [6.07, 6.45) is 4.89. The van der Waals surface area contributed by atoms with E-state index in [1.807, 2.05) is 0 Å². The van der Waals surface area contributed by atoms with Gasteiger partial charge >= 0.3 is 0 Å². The van der Waals surface area contributed by atoms with Crippen LogP contribution in [0, 0.1) is 0 Å². The van der Waals surface area contributed by atoms with Crippen molar-refractivity contribution in [3.05, 3.63) is 21.7 Å². The molecule has 0 unspecified atom stereocenters. The highest BCUT2D eigenvalue weighted by Gasteiger charge is 2.43. The van der Waals surface area contributed by atoms with Crippen molar-refractivity contribution in [3.63, 3.8) is 0 Å². The Morgan fingerprint density at radius 3 is 2.68 bits per heavy atom. The van der Waals surface area contributed by atoms with E-state index in [0.29, 0.717) is 21.5 Å². The zero-order valence-electron chi connectivity index (χ0n) is 9.94. The van der Waals surface area contributed by atoms with Crippen LogP contribution in [-0.2, 0) is 10.3 Å². The number of aldehydes is 1. The lowest BCUT2D eigenvalue weighted by Gasteiger charge is -2.37. The van der Waals surface area contributed by atoms with Crippen molar-refractivity contribution < 1.29 is 19.1 Å². The van der Waals surface area contributed by atoms with Crippen molar-refractivity contribution >= 4 is 28.3 Å². The molecule has 1 fully saturated rings. The number of halogens is 1. The van der Waals surface area contributed by atoms with E-state index < -0.39 is 5.54 Å².